The van der Waals surface area contributed by atoms with Crippen molar-refractivity contribution in [2.45, 2.75) is 50.6 Å². The number of hydrogen-bond acceptors (Lipinski definition) is 6. The molecule has 0 spiro atoms. The summed E-state index contributed by atoms with van der Waals surface area (Å²) in [4.78, 5) is 11.2. The van der Waals surface area contributed by atoms with Gasteiger partial charge in [-0.25, -0.2) is 13.9 Å². The molecule has 0 aliphatic rings. The average Bonchev–Trinajstić information content (AvgIpc) is 2.84. The van der Waals surface area contributed by atoms with Gasteiger partial charge in [-0.05, 0) is 61.2 Å². The third kappa shape index (κ3) is 7.53. The topological polar surface area (TPSA) is 120 Å². The zero-order valence-corrected chi connectivity index (χ0v) is 22.3. The first kappa shape index (κ1) is 28.1. The van der Waals surface area contributed by atoms with Gasteiger partial charge < -0.3 is 9.84 Å². The number of carboxylic acids is 1. The van der Waals surface area contributed by atoms with Gasteiger partial charge in [-0.2, -0.15) is 5.11 Å². The van der Waals surface area contributed by atoms with E-state index in [0.717, 1.165) is 16.7 Å². The molecule has 0 aliphatic carbocycles. The minimum Gasteiger partial charge on any atom is -0.493 e. The number of nitrogens with zero attached hydrogens (tertiary/aromatic N) is 2. The third-order valence-corrected chi connectivity index (χ3v) is 8.23. The number of aliphatic carboxylic acids is 1. The quantitative estimate of drug-likeness (QED) is 0.247. The van der Waals surface area contributed by atoms with Crippen molar-refractivity contribution in [3.63, 3.8) is 0 Å². The SMILES string of the molecule is Cc1cc(OCCc2ccc(CN=N)cc2)cc(N(C(C)CCC(=O)O)S(=O)(=O)c2ccccc2Cl)c1. The number of benzene rings is 3. The molecule has 0 aromatic heterocycles. The van der Waals surface area contributed by atoms with E-state index in [2.05, 4.69) is 5.11 Å². The summed E-state index contributed by atoms with van der Waals surface area (Å²) in [5.41, 5.74) is 10.1. The van der Waals surface area contributed by atoms with Crippen LogP contribution in [-0.4, -0.2) is 32.1 Å². The average molecular weight is 544 g/mol. The van der Waals surface area contributed by atoms with Crippen molar-refractivity contribution >= 4 is 33.3 Å². The largest absolute Gasteiger partial charge is 0.493 e. The number of carboxylic acid groups (broad SMARTS) is 1. The van der Waals surface area contributed by atoms with Crippen LogP contribution in [0.1, 0.15) is 36.5 Å². The first-order chi connectivity index (χ1) is 17.6. The van der Waals surface area contributed by atoms with Crippen molar-refractivity contribution in [1.29, 1.82) is 5.53 Å². The molecule has 1 unspecified atom stereocenters. The Morgan fingerprint density at radius 1 is 1.11 bits per heavy atom. The molecule has 0 saturated carbocycles. The van der Waals surface area contributed by atoms with Gasteiger partial charge in [-0.3, -0.25) is 9.10 Å². The van der Waals surface area contributed by atoms with Gasteiger partial charge in [0.1, 0.15) is 10.6 Å². The summed E-state index contributed by atoms with van der Waals surface area (Å²) >= 11 is 6.25. The van der Waals surface area contributed by atoms with Gasteiger partial charge in [-0.1, -0.05) is 48.0 Å². The first-order valence-electron chi connectivity index (χ1n) is 11.8. The number of rotatable bonds is 13. The van der Waals surface area contributed by atoms with E-state index >= 15 is 0 Å². The van der Waals surface area contributed by atoms with Crippen LogP contribution in [-0.2, 0) is 27.8 Å². The van der Waals surface area contributed by atoms with E-state index in [9.17, 15) is 18.3 Å². The summed E-state index contributed by atoms with van der Waals surface area (Å²) in [5.74, 6) is -0.498. The summed E-state index contributed by atoms with van der Waals surface area (Å²) in [7, 11) is -4.11. The highest BCUT2D eigenvalue weighted by atomic mass is 35.5. The van der Waals surface area contributed by atoms with Gasteiger partial charge in [0.05, 0.1) is 23.9 Å². The monoisotopic (exact) mass is 543 g/mol. The smallest absolute Gasteiger partial charge is 0.303 e. The zero-order chi connectivity index (χ0) is 27.0. The molecule has 0 bridgehead atoms. The molecule has 196 valence electrons. The molecule has 0 amide bonds. The number of sulfonamides is 1. The molecule has 10 heteroatoms. The van der Waals surface area contributed by atoms with Crippen LogP contribution in [0.4, 0.5) is 5.69 Å². The number of halogens is 1. The summed E-state index contributed by atoms with van der Waals surface area (Å²) < 4.78 is 34.8. The summed E-state index contributed by atoms with van der Waals surface area (Å²) in [5, 5.41) is 12.6. The number of ether oxygens (including phenoxy) is 1. The van der Waals surface area contributed by atoms with Crippen LogP contribution in [0.15, 0.2) is 76.7 Å². The molecule has 3 aromatic carbocycles. The molecule has 37 heavy (non-hydrogen) atoms. The van der Waals surface area contributed by atoms with E-state index in [-0.39, 0.29) is 22.8 Å². The molecule has 3 rings (SSSR count). The second-order valence-corrected chi connectivity index (χ2v) is 10.9. The van der Waals surface area contributed by atoms with Crippen molar-refractivity contribution in [2.24, 2.45) is 5.11 Å². The molecule has 0 radical (unpaired) electrons. The van der Waals surface area contributed by atoms with Gasteiger partial charge in [0.2, 0.25) is 0 Å². The van der Waals surface area contributed by atoms with Gasteiger partial charge >= 0.3 is 5.97 Å². The predicted molar refractivity (Wildman–Crippen MR) is 143 cm³/mol. The Labute approximate surface area is 222 Å². The van der Waals surface area contributed by atoms with E-state index in [4.69, 9.17) is 21.9 Å². The molecular weight excluding hydrogens is 514 g/mol. The normalized spacial score (nSPS) is 12.1. The fourth-order valence-corrected chi connectivity index (χ4v) is 6.14. The molecule has 3 aromatic rings. The van der Waals surface area contributed by atoms with E-state index in [1.54, 1.807) is 31.2 Å². The third-order valence-electron chi connectivity index (χ3n) is 5.78. The van der Waals surface area contributed by atoms with Gasteiger partial charge in [0.15, 0.2) is 0 Å². The second kappa shape index (κ2) is 12.7. The Morgan fingerprint density at radius 3 is 2.43 bits per heavy atom. The Kier molecular flexibility index (Phi) is 9.66. The maximum absolute atomic E-state index is 13.8. The lowest BCUT2D eigenvalue weighted by atomic mass is 10.1. The molecule has 0 aliphatic heterocycles. The Balaban J connectivity index is 1.88. The summed E-state index contributed by atoms with van der Waals surface area (Å²) in [6, 6.07) is 18.5. The molecule has 0 saturated heterocycles. The van der Waals surface area contributed by atoms with Crippen molar-refractivity contribution < 1.29 is 23.1 Å². The van der Waals surface area contributed by atoms with Crippen LogP contribution in [0.2, 0.25) is 5.02 Å². The Morgan fingerprint density at radius 2 is 1.78 bits per heavy atom. The van der Waals surface area contributed by atoms with Gasteiger partial charge in [0.25, 0.3) is 10.0 Å². The fourth-order valence-electron chi connectivity index (χ4n) is 3.97. The summed E-state index contributed by atoms with van der Waals surface area (Å²) in [6.45, 7) is 4.24. The van der Waals surface area contributed by atoms with Crippen molar-refractivity contribution in [1.82, 2.24) is 0 Å². The molecule has 0 heterocycles. The Hall–Kier alpha value is -3.43. The fraction of sp³-hybridized carbons (Fsp3) is 0.296. The lowest BCUT2D eigenvalue weighted by molar-refractivity contribution is -0.137. The maximum Gasteiger partial charge on any atom is 0.303 e. The maximum atomic E-state index is 13.8. The lowest BCUT2D eigenvalue weighted by Gasteiger charge is -2.31. The minimum absolute atomic E-state index is 0.0514. The van der Waals surface area contributed by atoms with E-state index in [1.165, 1.54) is 16.4 Å². The number of carbonyl (C=O) groups is 1. The van der Waals surface area contributed by atoms with Crippen LogP contribution in [0, 0.1) is 12.5 Å². The lowest BCUT2D eigenvalue weighted by Crippen LogP contribution is -2.39. The van der Waals surface area contributed by atoms with Crippen LogP contribution in [0.25, 0.3) is 0 Å². The highest BCUT2D eigenvalue weighted by molar-refractivity contribution is 7.93. The summed E-state index contributed by atoms with van der Waals surface area (Å²) in [6.07, 6.45) is 0.574. The van der Waals surface area contributed by atoms with Crippen LogP contribution in [0.3, 0.4) is 0 Å². The van der Waals surface area contributed by atoms with Crippen molar-refractivity contribution in [2.75, 3.05) is 10.9 Å². The van der Waals surface area contributed by atoms with Gasteiger partial charge in [-0.15, -0.1) is 0 Å². The molecule has 1 atom stereocenters. The van der Waals surface area contributed by atoms with E-state index in [0.29, 0.717) is 31.0 Å². The molecule has 2 N–H and O–H groups in total. The molecule has 0 fully saturated rings. The van der Waals surface area contributed by atoms with Crippen molar-refractivity contribution in [3.8, 4) is 5.75 Å². The Bertz CT molecular complexity index is 1350. The van der Waals surface area contributed by atoms with Crippen LogP contribution in [0.5, 0.6) is 5.75 Å². The first-order valence-corrected chi connectivity index (χ1v) is 13.6. The second-order valence-electron chi connectivity index (χ2n) is 8.75. The van der Waals surface area contributed by atoms with Crippen LogP contribution < -0.4 is 9.04 Å². The highest BCUT2D eigenvalue weighted by Crippen LogP contribution is 2.34. The van der Waals surface area contributed by atoms with Crippen LogP contribution >= 0.6 is 11.6 Å². The minimum atomic E-state index is -4.11. The zero-order valence-electron chi connectivity index (χ0n) is 20.7. The number of nitrogens with one attached hydrogen (secondary N) is 1. The van der Waals surface area contributed by atoms with Crippen molar-refractivity contribution in [3.05, 3.63) is 88.4 Å². The molecular formula is C27H30ClN3O5S. The van der Waals surface area contributed by atoms with E-state index in [1.807, 2.05) is 37.3 Å². The van der Waals surface area contributed by atoms with Gasteiger partial charge in [0, 0.05) is 24.9 Å². The highest BCUT2D eigenvalue weighted by Gasteiger charge is 2.31. The molecule has 8 nitrogen and oxygen atoms in total. The standard InChI is InChI=1S/C27H30ClN3O5S/c1-19-15-23(17-24(16-19)36-14-13-21-8-10-22(11-9-21)18-30-29)31(20(2)7-12-27(32)33)37(34,35)26-6-4-3-5-25(26)28/h3-6,8-11,15-17,20,29H,7,12-14,18H2,1-2H3,(H,32,33). The number of anilines is 1. The number of hydrogen-bond donors (Lipinski definition) is 2. The number of aryl methyl sites for hydroxylation is 1. The predicted octanol–water partition coefficient (Wildman–Crippen LogP) is 6.25. The van der Waals surface area contributed by atoms with E-state index < -0.39 is 22.0 Å².